The third kappa shape index (κ3) is 4.46. The number of fused-ring (bicyclic) bond motifs is 1. The lowest BCUT2D eigenvalue weighted by Gasteiger charge is -2.23. The summed E-state index contributed by atoms with van der Waals surface area (Å²) in [6.45, 7) is 8.09. The van der Waals surface area contributed by atoms with Gasteiger partial charge in [-0.15, -0.1) is 0 Å². The maximum absolute atomic E-state index is 12.2. The molecule has 23 heavy (non-hydrogen) atoms. The first-order chi connectivity index (χ1) is 10.8. The highest BCUT2D eigenvalue weighted by Gasteiger charge is 2.54. The van der Waals surface area contributed by atoms with Crippen LogP contribution in [0.3, 0.4) is 0 Å². The molecule has 5 nitrogen and oxygen atoms in total. The number of carboxylic acids is 1. The molecule has 0 aromatic rings. The summed E-state index contributed by atoms with van der Waals surface area (Å²) in [4.78, 5) is 25.9. The molecule has 3 atom stereocenters. The summed E-state index contributed by atoms with van der Waals surface area (Å²) >= 11 is 0. The van der Waals surface area contributed by atoms with Crippen molar-refractivity contribution in [3.63, 3.8) is 0 Å². The third-order valence-electron chi connectivity index (χ3n) is 5.56. The van der Waals surface area contributed by atoms with Gasteiger partial charge in [-0.1, -0.05) is 33.1 Å². The van der Waals surface area contributed by atoms with Crippen molar-refractivity contribution in [1.82, 2.24) is 10.2 Å². The number of amides is 1. The second-order valence-electron chi connectivity index (χ2n) is 8.01. The molecule has 2 aliphatic rings. The summed E-state index contributed by atoms with van der Waals surface area (Å²) in [6.07, 6.45) is 6.07. The Morgan fingerprint density at radius 3 is 2.65 bits per heavy atom. The van der Waals surface area contributed by atoms with Crippen LogP contribution in [-0.4, -0.2) is 47.6 Å². The number of carbonyl (C=O) groups is 2. The summed E-state index contributed by atoms with van der Waals surface area (Å²) < 4.78 is 0. The normalized spacial score (nSPS) is 28.8. The van der Waals surface area contributed by atoms with Gasteiger partial charge in [0.25, 0.3) is 0 Å². The van der Waals surface area contributed by atoms with Gasteiger partial charge < -0.3 is 10.4 Å². The minimum Gasteiger partial charge on any atom is -0.481 e. The van der Waals surface area contributed by atoms with Crippen molar-refractivity contribution in [2.75, 3.05) is 19.6 Å². The van der Waals surface area contributed by atoms with E-state index in [0.717, 1.165) is 38.6 Å². The molecule has 0 bridgehead atoms. The number of nitrogens with one attached hydrogen (secondary N) is 1. The fraction of sp³-hybridized carbons (Fsp3) is 0.889. The SMILES string of the molecule is CC(C)CCCC(C)NC(=O)CN1C[C@@H]2CCC[C@@]2(C(=O)O)C1. The average molecular weight is 324 g/mol. The summed E-state index contributed by atoms with van der Waals surface area (Å²) in [5, 5.41) is 12.6. The fourth-order valence-electron chi connectivity index (χ4n) is 4.29. The monoisotopic (exact) mass is 324 g/mol. The molecular formula is C18H32N2O3. The largest absolute Gasteiger partial charge is 0.481 e. The smallest absolute Gasteiger partial charge is 0.311 e. The Morgan fingerprint density at radius 1 is 1.30 bits per heavy atom. The van der Waals surface area contributed by atoms with Gasteiger partial charge in [0.05, 0.1) is 12.0 Å². The minimum atomic E-state index is -0.676. The Kier molecular flexibility index (Phi) is 6.06. The van der Waals surface area contributed by atoms with E-state index in [1.165, 1.54) is 6.42 Å². The Balaban J connectivity index is 1.75. The van der Waals surface area contributed by atoms with Crippen molar-refractivity contribution in [3.8, 4) is 0 Å². The number of carboxylic acid groups (broad SMARTS) is 1. The van der Waals surface area contributed by atoms with E-state index in [1.54, 1.807) is 0 Å². The molecule has 0 spiro atoms. The van der Waals surface area contributed by atoms with Crippen molar-refractivity contribution in [2.45, 2.75) is 65.3 Å². The van der Waals surface area contributed by atoms with E-state index in [4.69, 9.17) is 0 Å². The molecule has 5 heteroatoms. The van der Waals surface area contributed by atoms with E-state index >= 15 is 0 Å². The molecule has 1 amide bonds. The molecule has 2 rings (SSSR count). The second-order valence-corrected chi connectivity index (χ2v) is 8.01. The summed E-state index contributed by atoms with van der Waals surface area (Å²) in [7, 11) is 0. The first-order valence-corrected chi connectivity index (χ1v) is 9.08. The molecule has 132 valence electrons. The highest BCUT2D eigenvalue weighted by molar-refractivity contribution is 5.79. The molecular weight excluding hydrogens is 292 g/mol. The van der Waals surface area contributed by atoms with Gasteiger partial charge in [-0.25, -0.2) is 0 Å². The van der Waals surface area contributed by atoms with Crippen LogP contribution in [-0.2, 0) is 9.59 Å². The molecule has 1 aliphatic carbocycles. The number of likely N-dealkylation sites (tertiary alicyclic amines) is 1. The van der Waals surface area contributed by atoms with E-state index in [0.29, 0.717) is 19.0 Å². The van der Waals surface area contributed by atoms with Gasteiger partial charge in [-0.2, -0.15) is 0 Å². The van der Waals surface area contributed by atoms with Gasteiger partial charge in [-0.05, 0) is 38.0 Å². The van der Waals surface area contributed by atoms with Crippen molar-refractivity contribution >= 4 is 11.9 Å². The van der Waals surface area contributed by atoms with E-state index in [2.05, 4.69) is 26.1 Å². The molecule has 2 N–H and O–H groups in total. The predicted octanol–water partition coefficient (Wildman–Crippen LogP) is 2.50. The maximum atomic E-state index is 12.2. The van der Waals surface area contributed by atoms with Crippen LogP contribution in [0.15, 0.2) is 0 Å². The molecule has 1 aliphatic heterocycles. The lowest BCUT2D eigenvalue weighted by atomic mass is 9.81. The lowest BCUT2D eigenvalue weighted by Crippen LogP contribution is -2.42. The standard InChI is InChI=1S/C18H32N2O3/c1-13(2)6-4-7-14(3)19-16(21)11-20-10-15-8-5-9-18(15,12-20)17(22)23/h13-15H,4-12H2,1-3H3,(H,19,21)(H,22,23)/t14?,15-,18+/m0/s1. The van der Waals surface area contributed by atoms with Crippen LogP contribution in [0.2, 0.25) is 0 Å². The zero-order chi connectivity index (χ0) is 17.0. The number of hydrogen-bond donors (Lipinski definition) is 2. The zero-order valence-corrected chi connectivity index (χ0v) is 14.8. The lowest BCUT2D eigenvalue weighted by molar-refractivity contribution is -0.149. The highest BCUT2D eigenvalue weighted by Crippen LogP contribution is 2.48. The summed E-state index contributed by atoms with van der Waals surface area (Å²) in [5.74, 6) is 0.276. The molecule has 0 aromatic carbocycles. The molecule has 1 saturated heterocycles. The van der Waals surface area contributed by atoms with E-state index in [1.807, 2.05) is 4.90 Å². The van der Waals surface area contributed by atoms with Gasteiger partial charge in [0.1, 0.15) is 0 Å². The minimum absolute atomic E-state index is 0.0301. The second kappa shape index (κ2) is 7.65. The maximum Gasteiger partial charge on any atom is 0.311 e. The van der Waals surface area contributed by atoms with Gasteiger partial charge >= 0.3 is 5.97 Å². The Hall–Kier alpha value is -1.10. The number of carbonyl (C=O) groups excluding carboxylic acids is 1. The predicted molar refractivity (Wildman–Crippen MR) is 90.1 cm³/mol. The van der Waals surface area contributed by atoms with Crippen LogP contribution in [0.4, 0.5) is 0 Å². The van der Waals surface area contributed by atoms with E-state index < -0.39 is 11.4 Å². The van der Waals surface area contributed by atoms with Crippen LogP contribution < -0.4 is 5.32 Å². The molecule has 1 heterocycles. The quantitative estimate of drug-likeness (QED) is 0.720. The van der Waals surface area contributed by atoms with Gasteiger partial charge in [-0.3, -0.25) is 14.5 Å². The number of rotatable bonds is 8. The molecule has 0 aromatic heterocycles. The number of hydrogen-bond acceptors (Lipinski definition) is 3. The van der Waals surface area contributed by atoms with Crippen LogP contribution in [0.1, 0.15) is 59.3 Å². The first kappa shape index (κ1) is 18.2. The van der Waals surface area contributed by atoms with Gasteiger partial charge in [0, 0.05) is 19.1 Å². The number of nitrogens with zero attached hydrogens (tertiary/aromatic N) is 1. The van der Waals surface area contributed by atoms with Crippen molar-refractivity contribution < 1.29 is 14.7 Å². The fourth-order valence-corrected chi connectivity index (χ4v) is 4.29. The van der Waals surface area contributed by atoms with Crippen LogP contribution >= 0.6 is 0 Å². The van der Waals surface area contributed by atoms with Gasteiger partial charge in [0.15, 0.2) is 0 Å². The van der Waals surface area contributed by atoms with Crippen molar-refractivity contribution in [1.29, 1.82) is 0 Å². The average Bonchev–Trinajstić information content (AvgIpc) is 2.95. The Morgan fingerprint density at radius 2 is 2.04 bits per heavy atom. The molecule has 2 fully saturated rings. The molecule has 1 unspecified atom stereocenters. The van der Waals surface area contributed by atoms with Crippen molar-refractivity contribution in [3.05, 3.63) is 0 Å². The van der Waals surface area contributed by atoms with Gasteiger partial charge in [0.2, 0.25) is 5.91 Å². The zero-order valence-electron chi connectivity index (χ0n) is 14.8. The Labute approximate surface area is 139 Å². The number of aliphatic carboxylic acids is 1. The highest BCUT2D eigenvalue weighted by atomic mass is 16.4. The van der Waals surface area contributed by atoms with Crippen LogP contribution in [0, 0.1) is 17.3 Å². The molecule has 1 saturated carbocycles. The topological polar surface area (TPSA) is 69.6 Å². The van der Waals surface area contributed by atoms with E-state index in [-0.39, 0.29) is 17.9 Å². The first-order valence-electron chi connectivity index (χ1n) is 9.08. The van der Waals surface area contributed by atoms with E-state index in [9.17, 15) is 14.7 Å². The van der Waals surface area contributed by atoms with Crippen molar-refractivity contribution in [2.24, 2.45) is 17.3 Å². The summed E-state index contributed by atoms with van der Waals surface area (Å²) in [6, 6.07) is 0.191. The third-order valence-corrected chi connectivity index (χ3v) is 5.56. The molecule has 0 radical (unpaired) electrons. The van der Waals surface area contributed by atoms with Crippen LogP contribution in [0.25, 0.3) is 0 Å². The summed E-state index contributed by atoms with van der Waals surface area (Å²) in [5.41, 5.74) is -0.594. The Bertz CT molecular complexity index is 438. The van der Waals surface area contributed by atoms with Crippen LogP contribution in [0.5, 0.6) is 0 Å².